The van der Waals surface area contributed by atoms with Gasteiger partial charge in [0, 0.05) is 55.0 Å². The van der Waals surface area contributed by atoms with Gasteiger partial charge in [0.1, 0.15) is 11.6 Å². The zero-order chi connectivity index (χ0) is 29.4. The fourth-order valence-electron chi connectivity index (χ4n) is 5.09. The molecule has 1 N–H and O–H groups in total. The van der Waals surface area contributed by atoms with Crippen molar-refractivity contribution in [3.05, 3.63) is 90.3 Å². The summed E-state index contributed by atoms with van der Waals surface area (Å²) >= 11 is 0. The van der Waals surface area contributed by atoms with Gasteiger partial charge in [0.2, 0.25) is 0 Å². The Morgan fingerprint density at radius 1 is 0.952 bits per heavy atom. The maximum atomic E-state index is 15.4. The highest BCUT2D eigenvalue weighted by atomic mass is 32.2. The molecule has 1 aliphatic heterocycles. The monoisotopic (exact) mass is 587 g/mol. The van der Waals surface area contributed by atoms with Crippen molar-refractivity contribution >= 4 is 37.9 Å². The molecule has 1 saturated heterocycles. The first-order valence-corrected chi connectivity index (χ1v) is 15.2. The summed E-state index contributed by atoms with van der Waals surface area (Å²) in [5.74, 6) is -0.876. The van der Waals surface area contributed by atoms with E-state index in [-0.39, 0.29) is 15.8 Å². The molecule has 3 aromatic heterocycles. The van der Waals surface area contributed by atoms with Gasteiger partial charge in [-0.15, -0.1) is 0 Å². The van der Waals surface area contributed by atoms with Crippen LogP contribution in [0.3, 0.4) is 0 Å². The Balaban J connectivity index is 1.56. The van der Waals surface area contributed by atoms with E-state index in [4.69, 9.17) is 9.72 Å². The number of ether oxygens (including phenoxy) is 1. The summed E-state index contributed by atoms with van der Waals surface area (Å²) in [7, 11) is -3.43. The van der Waals surface area contributed by atoms with Gasteiger partial charge in [0.05, 0.1) is 51.8 Å². The zero-order valence-electron chi connectivity index (χ0n) is 22.9. The molecule has 6 rings (SSSR count). The molecule has 5 aromatic rings. The first-order valence-electron chi connectivity index (χ1n) is 13.3. The van der Waals surface area contributed by atoms with Gasteiger partial charge in [-0.1, -0.05) is 18.2 Å². The number of sulfone groups is 1. The van der Waals surface area contributed by atoms with E-state index in [1.54, 1.807) is 48.8 Å². The molecule has 214 valence electrons. The van der Waals surface area contributed by atoms with Crippen LogP contribution < -0.4 is 10.2 Å². The van der Waals surface area contributed by atoms with Gasteiger partial charge in [-0.2, -0.15) is 0 Å². The second-order valence-corrected chi connectivity index (χ2v) is 12.1. The Hall–Kier alpha value is -4.48. The first kappa shape index (κ1) is 27.7. The number of halogens is 2. The van der Waals surface area contributed by atoms with Gasteiger partial charge in [0.15, 0.2) is 15.7 Å². The quantitative estimate of drug-likeness (QED) is 0.261. The van der Waals surface area contributed by atoms with E-state index in [1.807, 2.05) is 19.1 Å². The average molecular weight is 588 g/mol. The Labute approximate surface area is 242 Å². The van der Waals surface area contributed by atoms with E-state index >= 15 is 4.39 Å². The van der Waals surface area contributed by atoms with E-state index in [2.05, 4.69) is 20.2 Å². The van der Waals surface area contributed by atoms with Crippen LogP contribution in [-0.2, 0) is 14.6 Å². The molecule has 1 aliphatic rings. The van der Waals surface area contributed by atoms with Gasteiger partial charge >= 0.3 is 0 Å². The van der Waals surface area contributed by atoms with Crippen LogP contribution in [-0.4, -0.2) is 55.9 Å². The number of hydrogen-bond donors (Lipinski definition) is 1. The lowest BCUT2D eigenvalue weighted by molar-refractivity contribution is 0.122. The number of anilines is 3. The molecule has 0 spiro atoms. The fraction of sp³-hybridized carbons (Fsp3) is 0.194. The summed E-state index contributed by atoms with van der Waals surface area (Å²) in [6, 6.07) is 15.9. The molecular weight excluding hydrogens is 560 g/mol. The highest BCUT2D eigenvalue weighted by Crippen LogP contribution is 2.39. The standard InChI is InChI=1S/C31H27F2N5O3S/c1-19-29(25-8-3-4-9-34-25)36-26-17-22(32)16-24(33)28(26)30(19)37-27-15-21(18-35-31(27)38-10-12-41-13-11-38)20-6-5-7-23(14-20)42(2,39)40/h3-9,14-18H,10-13H2,1-2H3,(H,36,37). The number of rotatable bonds is 6. The van der Waals surface area contributed by atoms with Crippen LogP contribution >= 0.6 is 0 Å². The normalized spacial score (nSPS) is 13.9. The number of nitrogens with zero attached hydrogens (tertiary/aromatic N) is 4. The van der Waals surface area contributed by atoms with Crippen molar-refractivity contribution in [2.24, 2.45) is 0 Å². The van der Waals surface area contributed by atoms with Gasteiger partial charge in [0.25, 0.3) is 0 Å². The Morgan fingerprint density at radius 3 is 2.50 bits per heavy atom. The largest absolute Gasteiger partial charge is 0.378 e. The van der Waals surface area contributed by atoms with Crippen LogP contribution in [0.2, 0.25) is 0 Å². The maximum absolute atomic E-state index is 15.4. The molecule has 11 heteroatoms. The van der Waals surface area contributed by atoms with Crippen LogP contribution in [0.1, 0.15) is 5.56 Å². The van der Waals surface area contributed by atoms with E-state index in [1.165, 1.54) is 6.07 Å². The van der Waals surface area contributed by atoms with E-state index < -0.39 is 21.5 Å². The number of benzene rings is 2. The van der Waals surface area contributed by atoms with Crippen molar-refractivity contribution in [1.29, 1.82) is 0 Å². The molecule has 4 heterocycles. The lowest BCUT2D eigenvalue weighted by Gasteiger charge is -2.30. The van der Waals surface area contributed by atoms with Crippen molar-refractivity contribution in [3.8, 4) is 22.5 Å². The minimum Gasteiger partial charge on any atom is -0.378 e. The van der Waals surface area contributed by atoms with Gasteiger partial charge < -0.3 is 15.0 Å². The van der Waals surface area contributed by atoms with Crippen molar-refractivity contribution in [3.63, 3.8) is 0 Å². The third kappa shape index (κ3) is 5.40. The topological polar surface area (TPSA) is 97.3 Å². The summed E-state index contributed by atoms with van der Waals surface area (Å²) in [5, 5.41) is 3.54. The first-order chi connectivity index (χ1) is 20.2. The molecule has 0 atom stereocenters. The van der Waals surface area contributed by atoms with Crippen molar-refractivity contribution in [1.82, 2.24) is 15.0 Å². The molecule has 0 bridgehead atoms. The van der Waals surface area contributed by atoms with Gasteiger partial charge in [-0.3, -0.25) is 4.98 Å². The predicted octanol–water partition coefficient (Wildman–Crippen LogP) is 5.93. The SMILES string of the molecule is Cc1c(-c2ccccn2)nc2cc(F)cc(F)c2c1Nc1cc(-c2cccc(S(C)(=O)=O)c2)cnc1N1CCOCC1. The summed E-state index contributed by atoms with van der Waals surface area (Å²) in [4.78, 5) is 16.0. The molecule has 0 saturated carbocycles. The summed E-state index contributed by atoms with van der Waals surface area (Å²) in [6.45, 7) is 4.05. The number of nitrogens with one attached hydrogen (secondary N) is 1. The highest BCUT2D eigenvalue weighted by Gasteiger charge is 2.22. The lowest BCUT2D eigenvalue weighted by atomic mass is 10.0. The zero-order valence-corrected chi connectivity index (χ0v) is 23.8. The molecule has 0 aliphatic carbocycles. The molecule has 1 fully saturated rings. The summed E-state index contributed by atoms with van der Waals surface area (Å²) in [5.41, 5.74) is 4.06. The third-order valence-corrected chi connectivity index (χ3v) is 8.30. The number of hydrogen-bond acceptors (Lipinski definition) is 8. The molecule has 2 aromatic carbocycles. The second-order valence-electron chi connectivity index (χ2n) is 10.1. The summed E-state index contributed by atoms with van der Waals surface area (Å²) < 4.78 is 59.8. The maximum Gasteiger partial charge on any atom is 0.175 e. The third-order valence-electron chi connectivity index (χ3n) is 7.19. The minimum atomic E-state index is -3.43. The van der Waals surface area contributed by atoms with Crippen molar-refractivity contribution < 1.29 is 21.9 Å². The van der Waals surface area contributed by atoms with Crippen LogP contribution in [0.5, 0.6) is 0 Å². The van der Waals surface area contributed by atoms with Crippen LogP contribution in [0.25, 0.3) is 33.4 Å². The second kappa shape index (κ2) is 11.1. The number of pyridine rings is 3. The van der Waals surface area contributed by atoms with Crippen LogP contribution in [0, 0.1) is 18.6 Å². The van der Waals surface area contributed by atoms with E-state index in [0.29, 0.717) is 71.6 Å². The molecular formula is C31H27F2N5O3S. The molecule has 42 heavy (non-hydrogen) atoms. The lowest BCUT2D eigenvalue weighted by Crippen LogP contribution is -2.37. The Bertz CT molecular complexity index is 1910. The number of fused-ring (bicyclic) bond motifs is 1. The molecule has 0 radical (unpaired) electrons. The molecule has 0 amide bonds. The van der Waals surface area contributed by atoms with Crippen molar-refractivity contribution in [2.45, 2.75) is 11.8 Å². The van der Waals surface area contributed by atoms with Gasteiger partial charge in [-0.05, 0) is 42.8 Å². The van der Waals surface area contributed by atoms with E-state index in [0.717, 1.165) is 12.3 Å². The van der Waals surface area contributed by atoms with Crippen molar-refractivity contribution in [2.75, 3.05) is 42.8 Å². The molecule has 0 unspecified atom stereocenters. The minimum absolute atomic E-state index is 0.131. The Kier molecular flexibility index (Phi) is 7.29. The average Bonchev–Trinajstić information content (AvgIpc) is 2.99. The molecule has 8 nitrogen and oxygen atoms in total. The van der Waals surface area contributed by atoms with Crippen LogP contribution in [0.4, 0.5) is 26.0 Å². The Morgan fingerprint density at radius 2 is 1.76 bits per heavy atom. The van der Waals surface area contributed by atoms with E-state index in [9.17, 15) is 12.8 Å². The highest BCUT2D eigenvalue weighted by molar-refractivity contribution is 7.90. The number of aromatic nitrogens is 3. The van der Waals surface area contributed by atoms with Crippen LogP contribution in [0.15, 0.2) is 78.0 Å². The van der Waals surface area contributed by atoms with Gasteiger partial charge in [-0.25, -0.2) is 27.2 Å². The fourth-order valence-corrected chi connectivity index (χ4v) is 5.76. The number of morpholine rings is 1. The predicted molar refractivity (Wildman–Crippen MR) is 159 cm³/mol. The summed E-state index contributed by atoms with van der Waals surface area (Å²) in [6.07, 6.45) is 4.48. The smallest absolute Gasteiger partial charge is 0.175 e.